The second-order valence-electron chi connectivity index (χ2n) is 3.55. The molecular formula is C10H10BrNO2. The van der Waals surface area contributed by atoms with Crippen molar-refractivity contribution in [2.45, 2.75) is 19.8 Å². The summed E-state index contributed by atoms with van der Waals surface area (Å²) in [6, 6.07) is 3.92. The van der Waals surface area contributed by atoms with E-state index in [0.29, 0.717) is 11.5 Å². The molecular weight excluding hydrogens is 246 g/mol. The van der Waals surface area contributed by atoms with Crippen molar-refractivity contribution in [3.63, 3.8) is 0 Å². The van der Waals surface area contributed by atoms with Crippen molar-refractivity contribution >= 4 is 27.0 Å². The van der Waals surface area contributed by atoms with Crippen molar-refractivity contribution in [2.24, 2.45) is 0 Å². The average molecular weight is 256 g/mol. The number of hydrogen-bond donors (Lipinski definition) is 1. The van der Waals surface area contributed by atoms with Gasteiger partial charge in [0.2, 0.25) is 0 Å². The molecule has 0 radical (unpaired) electrons. The minimum absolute atomic E-state index is 0.415. The zero-order valence-corrected chi connectivity index (χ0v) is 9.51. The van der Waals surface area contributed by atoms with Gasteiger partial charge in [0.05, 0.1) is 9.99 Å². The van der Waals surface area contributed by atoms with Gasteiger partial charge in [-0.15, -0.1) is 0 Å². The Kier molecular flexibility index (Phi) is 2.23. The van der Waals surface area contributed by atoms with Crippen LogP contribution in [0.2, 0.25) is 0 Å². The first-order valence-electron chi connectivity index (χ1n) is 4.40. The van der Waals surface area contributed by atoms with Crippen LogP contribution in [0, 0.1) is 0 Å². The number of aromatic amines is 1. The Hall–Kier alpha value is -1.03. The zero-order chi connectivity index (χ0) is 10.3. The number of hydrogen-bond acceptors (Lipinski definition) is 2. The van der Waals surface area contributed by atoms with Gasteiger partial charge in [0.25, 0.3) is 0 Å². The molecule has 0 aliphatic rings. The summed E-state index contributed by atoms with van der Waals surface area (Å²) in [5.74, 6) is 0.00991. The lowest BCUT2D eigenvalue weighted by Gasteiger charge is -2.05. The lowest BCUT2D eigenvalue weighted by atomic mass is 10.0. The number of H-pyrrole nitrogens is 1. The molecule has 1 heterocycles. The van der Waals surface area contributed by atoms with Gasteiger partial charge in [0.1, 0.15) is 0 Å². The molecule has 0 aliphatic heterocycles. The highest BCUT2D eigenvalue weighted by Crippen LogP contribution is 2.27. The molecule has 0 saturated carbocycles. The molecule has 2 aromatic rings. The number of oxazole rings is 1. The van der Waals surface area contributed by atoms with Crippen molar-refractivity contribution in [1.82, 2.24) is 4.98 Å². The van der Waals surface area contributed by atoms with E-state index in [1.54, 1.807) is 0 Å². The summed E-state index contributed by atoms with van der Waals surface area (Å²) in [5.41, 5.74) is 2.49. The van der Waals surface area contributed by atoms with E-state index < -0.39 is 5.76 Å². The van der Waals surface area contributed by atoms with E-state index in [1.807, 2.05) is 12.1 Å². The predicted octanol–water partition coefficient (Wildman–Crippen LogP) is 3.01. The molecule has 4 heteroatoms. The summed E-state index contributed by atoms with van der Waals surface area (Å²) >= 11 is 3.38. The third kappa shape index (κ3) is 1.50. The molecule has 2 rings (SSSR count). The summed E-state index contributed by atoms with van der Waals surface area (Å²) in [5, 5.41) is 0. The van der Waals surface area contributed by atoms with E-state index >= 15 is 0 Å². The molecule has 3 nitrogen and oxygen atoms in total. The fraction of sp³-hybridized carbons (Fsp3) is 0.300. The predicted molar refractivity (Wildman–Crippen MR) is 58.6 cm³/mol. The normalized spacial score (nSPS) is 11.4. The van der Waals surface area contributed by atoms with Crippen LogP contribution >= 0.6 is 15.9 Å². The van der Waals surface area contributed by atoms with Crippen LogP contribution in [-0.2, 0) is 0 Å². The van der Waals surface area contributed by atoms with Crippen LogP contribution in [0.15, 0.2) is 25.8 Å². The molecule has 1 N–H and O–H groups in total. The molecule has 0 saturated heterocycles. The molecule has 74 valence electrons. The molecule has 1 aromatic carbocycles. The Bertz CT molecular complexity index is 524. The van der Waals surface area contributed by atoms with E-state index in [-0.39, 0.29) is 0 Å². The van der Waals surface area contributed by atoms with Crippen LogP contribution in [0.4, 0.5) is 0 Å². The highest BCUT2D eigenvalue weighted by atomic mass is 79.9. The van der Waals surface area contributed by atoms with E-state index in [4.69, 9.17) is 4.42 Å². The average Bonchev–Trinajstić information content (AvgIpc) is 2.45. The summed E-state index contributed by atoms with van der Waals surface area (Å²) in [4.78, 5) is 13.6. The van der Waals surface area contributed by atoms with Crippen molar-refractivity contribution in [2.75, 3.05) is 0 Å². The van der Waals surface area contributed by atoms with E-state index in [0.717, 1.165) is 9.99 Å². The fourth-order valence-electron chi connectivity index (χ4n) is 1.37. The molecule has 1 aromatic heterocycles. The van der Waals surface area contributed by atoms with Crippen LogP contribution in [0.3, 0.4) is 0 Å². The SMILES string of the molecule is CC(C)c1cc(Br)c2oc(=O)[nH]c2c1. The number of nitrogens with one attached hydrogen (secondary N) is 1. The van der Waals surface area contributed by atoms with E-state index in [1.165, 1.54) is 5.56 Å². The zero-order valence-electron chi connectivity index (χ0n) is 7.93. The summed E-state index contributed by atoms with van der Waals surface area (Å²) in [6.07, 6.45) is 0. The van der Waals surface area contributed by atoms with Gasteiger partial charge in [-0.3, -0.25) is 4.98 Å². The first-order valence-corrected chi connectivity index (χ1v) is 5.19. The lowest BCUT2D eigenvalue weighted by Crippen LogP contribution is -1.93. The Morgan fingerprint density at radius 1 is 1.43 bits per heavy atom. The molecule has 0 spiro atoms. The fourth-order valence-corrected chi connectivity index (χ4v) is 1.93. The Morgan fingerprint density at radius 2 is 2.14 bits per heavy atom. The highest BCUT2D eigenvalue weighted by Gasteiger charge is 2.09. The minimum atomic E-state index is -0.415. The van der Waals surface area contributed by atoms with Crippen molar-refractivity contribution in [1.29, 1.82) is 0 Å². The standard InChI is InChI=1S/C10H10BrNO2/c1-5(2)6-3-7(11)9-8(4-6)12-10(13)14-9/h3-5H,1-2H3,(H,12,13). The number of halogens is 1. The van der Waals surface area contributed by atoms with Gasteiger partial charge in [-0.1, -0.05) is 13.8 Å². The van der Waals surface area contributed by atoms with Crippen LogP contribution < -0.4 is 5.76 Å². The van der Waals surface area contributed by atoms with Crippen molar-refractivity contribution in [3.05, 3.63) is 32.7 Å². The van der Waals surface area contributed by atoms with Gasteiger partial charge in [-0.05, 0) is 39.5 Å². The quantitative estimate of drug-likeness (QED) is 0.852. The van der Waals surface area contributed by atoms with Gasteiger partial charge < -0.3 is 4.42 Å². The highest BCUT2D eigenvalue weighted by molar-refractivity contribution is 9.10. The maximum absolute atomic E-state index is 11.0. The maximum atomic E-state index is 11.0. The smallest absolute Gasteiger partial charge is 0.407 e. The number of rotatable bonds is 1. The van der Waals surface area contributed by atoms with Crippen LogP contribution in [0.5, 0.6) is 0 Å². The van der Waals surface area contributed by atoms with Gasteiger partial charge in [0, 0.05) is 0 Å². The first-order chi connectivity index (χ1) is 6.58. The Morgan fingerprint density at radius 3 is 2.79 bits per heavy atom. The van der Waals surface area contributed by atoms with Gasteiger partial charge >= 0.3 is 5.76 Å². The van der Waals surface area contributed by atoms with Crippen molar-refractivity contribution in [3.8, 4) is 0 Å². The third-order valence-electron chi connectivity index (χ3n) is 2.16. The maximum Gasteiger partial charge on any atom is 0.417 e. The van der Waals surface area contributed by atoms with Crippen molar-refractivity contribution < 1.29 is 4.42 Å². The number of benzene rings is 1. The number of fused-ring (bicyclic) bond motifs is 1. The van der Waals surface area contributed by atoms with Gasteiger partial charge in [-0.2, -0.15) is 0 Å². The van der Waals surface area contributed by atoms with Crippen LogP contribution in [-0.4, -0.2) is 4.98 Å². The molecule has 0 unspecified atom stereocenters. The molecule has 0 amide bonds. The van der Waals surface area contributed by atoms with Gasteiger partial charge in [0.15, 0.2) is 5.58 Å². The molecule has 0 atom stereocenters. The van der Waals surface area contributed by atoms with Crippen LogP contribution in [0.25, 0.3) is 11.1 Å². The largest absolute Gasteiger partial charge is 0.417 e. The summed E-state index contributed by atoms with van der Waals surface area (Å²) in [6.45, 7) is 4.21. The third-order valence-corrected chi connectivity index (χ3v) is 2.75. The molecule has 0 aliphatic carbocycles. The monoisotopic (exact) mass is 255 g/mol. The molecule has 0 fully saturated rings. The minimum Gasteiger partial charge on any atom is -0.407 e. The van der Waals surface area contributed by atoms with E-state index in [2.05, 4.69) is 34.8 Å². The summed E-state index contributed by atoms with van der Waals surface area (Å²) < 4.78 is 5.79. The Labute approximate surface area is 89.3 Å². The molecule has 14 heavy (non-hydrogen) atoms. The number of aromatic nitrogens is 1. The topological polar surface area (TPSA) is 46.0 Å². The molecule has 0 bridgehead atoms. The van der Waals surface area contributed by atoms with E-state index in [9.17, 15) is 4.79 Å². The van der Waals surface area contributed by atoms with Gasteiger partial charge in [-0.25, -0.2) is 4.79 Å². The van der Waals surface area contributed by atoms with Crippen LogP contribution in [0.1, 0.15) is 25.3 Å². The Balaban J connectivity index is 2.77. The second-order valence-corrected chi connectivity index (χ2v) is 4.40. The lowest BCUT2D eigenvalue weighted by molar-refractivity contribution is 0.554. The second kappa shape index (κ2) is 3.28. The summed E-state index contributed by atoms with van der Waals surface area (Å²) in [7, 11) is 0. The first kappa shape index (κ1) is 9.52.